The summed E-state index contributed by atoms with van der Waals surface area (Å²) in [5, 5.41) is 3.59. The highest BCUT2D eigenvalue weighted by atomic mass is 16.5. The van der Waals surface area contributed by atoms with Crippen molar-refractivity contribution in [2.24, 2.45) is 0 Å². The lowest BCUT2D eigenvalue weighted by Crippen LogP contribution is -2.32. The summed E-state index contributed by atoms with van der Waals surface area (Å²) in [6.07, 6.45) is 2.61. The summed E-state index contributed by atoms with van der Waals surface area (Å²) in [5.74, 6) is 1.71. The van der Waals surface area contributed by atoms with Crippen LogP contribution in [0.15, 0.2) is 18.2 Å². The van der Waals surface area contributed by atoms with Gasteiger partial charge >= 0.3 is 0 Å². The first kappa shape index (κ1) is 14.2. The lowest BCUT2D eigenvalue weighted by molar-refractivity contribution is 0.278. The summed E-state index contributed by atoms with van der Waals surface area (Å²) < 4.78 is 10.8. The predicted octanol–water partition coefficient (Wildman–Crippen LogP) is 2.06. The summed E-state index contributed by atoms with van der Waals surface area (Å²) >= 11 is 0. The zero-order chi connectivity index (χ0) is 13.8. The van der Waals surface area contributed by atoms with E-state index in [0.717, 1.165) is 18.0 Å². The SMILES string of the molecule is COc1ccc(C(CNC2CC2)N(C)C)c(OC)c1. The second-order valence-electron chi connectivity index (χ2n) is 5.27. The number of nitrogens with one attached hydrogen (secondary N) is 1. The monoisotopic (exact) mass is 264 g/mol. The minimum Gasteiger partial charge on any atom is -0.497 e. The Hall–Kier alpha value is -1.26. The Balaban J connectivity index is 2.18. The van der Waals surface area contributed by atoms with Crippen molar-refractivity contribution in [3.63, 3.8) is 0 Å². The van der Waals surface area contributed by atoms with E-state index in [1.165, 1.54) is 18.4 Å². The van der Waals surface area contributed by atoms with E-state index in [9.17, 15) is 0 Å². The van der Waals surface area contributed by atoms with E-state index in [1.54, 1.807) is 14.2 Å². The Morgan fingerprint density at radius 1 is 1.26 bits per heavy atom. The summed E-state index contributed by atoms with van der Waals surface area (Å²) in [7, 11) is 7.58. The van der Waals surface area contributed by atoms with E-state index in [4.69, 9.17) is 9.47 Å². The molecule has 1 aliphatic rings. The quantitative estimate of drug-likeness (QED) is 0.817. The Labute approximate surface area is 115 Å². The van der Waals surface area contributed by atoms with Crippen molar-refractivity contribution in [3.05, 3.63) is 23.8 Å². The molecule has 0 amide bonds. The van der Waals surface area contributed by atoms with Crippen LogP contribution in [-0.2, 0) is 0 Å². The van der Waals surface area contributed by atoms with Gasteiger partial charge in [0.15, 0.2) is 0 Å². The molecule has 1 aromatic carbocycles. The van der Waals surface area contributed by atoms with Gasteiger partial charge in [0.2, 0.25) is 0 Å². The molecule has 1 fully saturated rings. The molecular formula is C15H24N2O2. The third-order valence-electron chi connectivity index (χ3n) is 3.60. The first-order valence-electron chi connectivity index (χ1n) is 6.77. The standard InChI is InChI=1S/C15H24N2O2/c1-17(2)14(10-16-11-5-6-11)13-8-7-12(18-3)9-15(13)19-4/h7-9,11,14,16H,5-6,10H2,1-4H3. The van der Waals surface area contributed by atoms with E-state index in [1.807, 2.05) is 12.1 Å². The van der Waals surface area contributed by atoms with Gasteiger partial charge in [-0.2, -0.15) is 0 Å². The molecule has 0 aromatic heterocycles. The first-order chi connectivity index (χ1) is 9.15. The van der Waals surface area contributed by atoms with Gasteiger partial charge in [0.05, 0.1) is 20.3 Å². The van der Waals surface area contributed by atoms with Crippen molar-refractivity contribution in [1.82, 2.24) is 10.2 Å². The summed E-state index contributed by atoms with van der Waals surface area (Å²) in [4.78, 5) is 2.22. The highest BCUT2D eigenvalue weighted by Crippen LogP contribution is 2.32. The van der Waals surface area contributed by atoms with Gasteiger partial charge in [-0.25, -0.2) is 0 Å². The van der Waals surface area contributed by atoms with E-state index in [2.05, 4.69) is 30.4 Å². The normalized spacial score (nSPS) is 16.5. The van der Waals surface area contributed by atoms with Crippen LogP contribution < -0.4 is 14.8 Å². The number of likely N-dealkylation sites (N-methyl/N-ethyl adjacent to an activating group) is 1. The molecule has 0 saturated heterocycles. The molecule has 0 radical (unpaired) electrons. The summed E-state index contributed by atoms with van der Waals surface area (Å²) in [6, 6.07) is 7.05. The van der Waals surface area contributed by atoms with Gasteiger partial charge < -0.3 is 19.7 Å². The van der Waals surface area contributed by atoms with Crippen LogP contribution in [0.3, 0.4) is 0 Å². The minimum absolute atomic E-state index is 0.307. The number of hydrogen-bond acceptors (Lipinski definition) is 4. The molecule has 0 bridgehead atoms. The summed E-state index contributed by atoms with van der Waals surface area (Å²) in [5.41, 5.74) is 1.20. The number of benzene rings is 1. The van der Waals surface area contributed by atoms with E-state index >= 15 is 0 Å². The van der Waals surface area contributed by atoms with Gasteiger partial charge in [-0.1, -0.05) is 6.07 Å². The number of ether oxygens (including phenoxy) is 2. The molecule has 19 heavy (non-hydrogen) atoms. The molecule has 4 nitrogen and oxygen atoms in total. The van der Waals surface area contributed by atoms with Crippen LogP contribution in [0.2, 0.25) is 0 Å². The molecule has 0 aliphatic heterocycles. The maximum Gasteiger partial charge on any atom is 0.127 e. The molecule has 0 heterocycles. The number of nitrogens with zero attached hydrogens (tertiary/aromatic N) is 1. The molecule has 2 rings (SSSR count). The van der Waals surface area contributed by atoms with Crippen molar-refractivity contribution in [1.29, 1.82) is 0 Å². The fraction of sp³-hybridized carbons (Fsp3) is 0.600. The third kappa shape index (κ3) is 3.61. The summed E-state index contributed by atoms with van der Waals surface area (Å²) in [6.45, 7) is 0.945. The fourth-order valence-corrected chi connectivity index (χ4v) is 2.23. The van der Waals surface area contributed by atoms with Crippen LogP contribution in [-0.4, -0.2) is 45.8 Å². The Kier molecular flexibility index (Phi) is 4.66. The Bertz CT molecular complexity index is 417. The second-order valence-corrected chi connectivity index (χ2v) is 5.27. The van der Waals surface area contributed by atoms with Crippen LogP contribution in [0, 0.1) is 0 Å². The number of methoxy groups -OCH3 is 2. The predicted molar refractivity (Wildman–Crippen MR) is 77.0 cm³/mol. The van der Waals surface area contributed by atoms with Crippen LogP contribution in [0.1, 0.15) is 24.4 Å². The minimum atomic E-state index is 0.307. The largest absolute Gasteiger partial charge is 0.497 e. The maximum absolute atomic E-state index is 5.51. The van der Waals surface area contributed by atoms with Crippen LogP contribution in [0.5, 0.6) is 11.5 Å². The van der Waals surface area contributed by atoms with Crippen molar-refractivity contribution >= 4 is 0 Å². The molecule has 1 atom stereocenters. The van der Waals surface area contributed by atoms with Gasteiger partial charge in [-0.3, -0.25) is 0 Å². The van der Waals surface area contributed by atoms with Gasteiger partial charge in [0.1, 0.15) is 11.5 Å². The molecule has 106 valence electrons. The highest BCUT2D eigenvalue weighted by molar-refractivity contribution is 5.42. The van der Waals surface area contributed by atoms with Gasteiger partial charge in [0, 0.05) is 24.2 Å². The lowest BCUT2D eigenvalue weighted by Gasteiger charge is -2.27. The fourth-order valence-electron chi connectivity index (χ4n) is 2.23. The zero-order valence-electron chi connectivity index (χ0n) is 12.3. The molecule has 1 aliphatic carbocycles. The third-order valence-corrected chi connectivity index (χ3v) is 3.60. The smallest absolute Gasteiger partial charge is 0.127 e. The molecule has 1 saturated carbocycles. The van der Waals surface area contributed by atoms with Crippen molar-refractivity contribution in [2.45, 2.75) is 24.9 Å². The van der Waals surface area contributed by atoms with Gasteiger partial charge in [0.25, 0.3) is 0 Å². The lowest BCUT2D eigenvalue weighted by atomic mass is 10.0. The van der Waals surface area contributed by atoms with Gasteiger partial charge in [-0.15, -0.1) is 0 Å². The number of hydrogen-bond donors (Lipinski definition) is 1. The van der Waals surface area contributed by atoms with E-state index < -0.39 is 0 Å². The van der Waals surface area contributed by atoms with Crippen LogP contribution in [0.4, 0.5) is 0 Å². The molecule has 0 spiro atoms. The van der Waals surface area contributed by atoms with Crippen LogP contribution in [0.25, 0.3) is 0 Å². The van der Waals surface area contributed by atoms with Crippen molar-refractivity contribution in [3.8, 4) is 11.5 Å². The zero-order valence-corrected chi connectivity index (χ0v) is 12.3. The second kappa shape index (κ2) is 6.26. The average molecular weight is 264 g/mol. The molecule has 1 N–H and O–H groups in total. The van der Waals surface area contributed by atoms with E-state index in [0.29, 0.717) is 12.1 Å². The van der Waals surface area contributed by atoms with E-state index in [-0.39, 0.29) is 0 Å². The van der Waals surface area contributed by atoms with Crippen LogP contribution >= 0.6 is 0 Å². The molecular weight excluding hydrogens is 240 g/mol. The number of rotatable bonds is 7. The Morgan fingerprint density at radius 3 is 2.53 bits per heavy atom. The Morgan fingerprint density at radius 2 is 2.00 bits per heavy atom. The highest BCUT2D eigenvalue weighted by Gasteiger charge is 2.24. The average Bonchev–Trinajstić information content (AvgIpc) is 3.22. The maximum atomic E-state index is 5.51. The molecule has 1 unspecified atom stereocenters. The van der Waals surface area contributed by atoms with Crippen molar-refractivity contribution in [2.75, 3.05) is 34.9 Å². The topological polar surface area (TPSA) is 33.7 Å². The van der Waals surface area contributed by atoms with Gasteiger partial charge in [-0.05, 0) is 33.0 Å². The molecule has 1 aromatic rings. The first-order valence-corrected chi connectivity index (χ1v) is 6.77. The molecule has 4 heteroatoms. The van der Waals surface area contributed by atoms with Crippen molar-refractivity contribution < 1.29 is 9.47 Å².